The van der Waals surface area contributed by atoms with E-state index in [-0.39, 0.29) is 0 Å². The van der Waals surface area contributed by atoms with Crippen LogP contribution in [0.25, 0.3) is 0 Å². The fraction of sp³-hybridized carbons (Fsp3) is 0.500. The van der Waals surface area contributed by atoms with Gasteiger partial charge in [0, 0.05) is 12.6 Å². The first-order chi connectivity index (χ1) is 6.63. The first-order valence-electron chi connectivity index (χ1n) is 5.07. The summed E-state index contributed by atoms with van der Waals surface area (Å²) >= 11 is 0. The number of nitrogens with zero attached hydrogens (tertiary/aromatic N) is 1. The van der Waals surface area contributed by atoms with E-state index < -0.39 is 0 Å². The molecule has 0 saturated carbocycles. The molecular weight excluding hydrogens is 172 g/mol. The minimum absolute atomic E-state index is 0.572. The molecule has 0 amide bonds. The number of hydrogen-bond acceptors (Lipinski definition) is 2. The van der Waals surface area contributed by atoms with Gasteiger partial charge < -0.3 is 10.6 Å². The van der Waals surface area contributed by atoms with Crippen LogP contribution >= 0.6 is 0 Å². The molecule has 2 nitrogen and oxygen atoms in total. The molecule has 0 fully saturated rings. The molecule has 1 aromatic rings. The van der Waals surface area contributed by atoms with Gasteiger partial charge in [-0.2, -0.15) is 0 Å². The zero-order valence-corrected chi connectivity index (χ0v) is 9.33. The molecule has 1 rings (SSSR count). The Morgan fingerprint density at radius 1 is 1.29 bits per heavy atom. The van der Waals surface area contributed by atoms with Gasteiger partial charge in [-0.1, -0.05) is 24.3 Å². The Labute approximate surface area is 86.7 Å². The van der Waals surface area contributed by atoms with Gasteiger partial charge in [0.15, 0.2) is 0 Å². The predicted molar refractivity (Wildman–Crippen MR) is 61.2 cm³/mol. The van der Waals surface area contributed by atoms with Gasteiger partial charge in [-0.25, -0.2) is 0 Å². The monoisotopic (exact) mass is 192 g/mol. The van der Waals surface area contributed by atoms with Gasteiger partial charge in [0.2, 0.25) is 0 Å². The van der Waals surface area contributed by atoms with Crippen LogP contribution in [0.15, 0.2) is 24.3 Å². The maximum atomic E-state index is 5.60. The van der Waals surface area contributed by atoms with Crippen molar-refractivity contribution in [2.75, 3.05) is 14.1 Å². The Morgan fingerprint density at radius 3 is 2.50 bits per heavy atom. The van der Waals surface area contributed by atoms with Gasteiger partial charge in [-0.05, 0) is 38.6 Å². The third-order valence-corrected chi connectivity index (χ3v) is 2.64. The Kier molecular flexibility index (Phi) is 4.11. The van der Waals surface area contributed by atoms with Crippen LogP contribution in [-0.2, 0) is 13.0 Å². The quantitative estimate of drug-likeness (QED) is 0.785. The second-order valence-electron chi connectivity index (χ2n) is 4.04. The van der Waals surface area contributed by atoms with E-state index >= 15 is 0 Å². The van der Waals surface area contributed by atoms with E-state index in [1.54, 1.807) is 0 Å². The molecule has 0 bridgehead atoms. The van der Waals surface area contributed by atoms with Crippen molar-refractivity contribution in [1.29, 1.82) is 0 Å². The van der Waals surface area contributed by atoms with Crippen LogP contribution in [0.2, 0.25) is 0 Å². The molecule has 0 aromatic heterocycles. The summed E-state index contributed by atoms with van der Waals surface area (Å²) in [6, 6.07) is 9.09. The number of nitrogens with two attached hydrogens (primary N) is 1. The van der Waals surface area contributed by atoms with Gasteiger partial charge in [-0.3, -0.25) is 0 Å². The van der Waals surface area contributed by atoms with E-state index in [1.807, 2.05) is 0 Å². The van der Waals surface area contributed by atoms with Crippen LogP contribution in [0.4, 0.5) is 0 Å². The van der Waals surface area contributed by atoms with E-state index in [4.69, 9.17) is 5.73 Å². The summed E-state index contributed by atoms with van der Waals surface area (Å²) in [6.45, 7) is 2.86. The maximum absolute atomic E-state index is 5.60. The highest BCUT2D eigenvalue weighted by atomic mass is 15.1. The van der Waals surface area contributed by atoms with E-state index in [0.29, 0.717) is 12.6 Å². The summed E-state index contributed by atoms with van der Waals surface area (Å²) in [6.07, 6.45) is 1.08. The fourth-order valence-corrected chi connectivity index (χ4v) is 1.41. The molecule has 78 valence electrons. The van der Waals surface area contributed by atoms with Crippen LogP contribution in [0.1, 0.15) is 18.1 Å². The topological polar surface area (TPSA) is 29.3 Å². The molecule has 0 spiro atoms. The third-order valence-electron chi connectivity index (χ3n) is 2.64. The molecule has 1 atom stereocenters. The molecule has 2 N–H and O–H groups in total. The Balaban J connectivity index is 2.66. The maximum Gasteiger partial charge on any atom is 0.0178 e. The molecule has 1 unspecified atom stereocenters. The van der Waals surface area contributed by atoms with Gasteiger partial charge in [0.05, 0.1) is 0 Å². The normalized spacial score (nSPS) is 13.2. The van der Waals surface area contributed by atoms with Crippen molar-refractivity contribution in [3.8, 4) is 0 Å². The van der Waals surface area contributed by atoms with Crippen molar-refractivity contribution in [3.05, 3.63) is 35.4 Å². The lowest BCUT2D eigenvalue weighted by Gasteiger charge is -2.19. The highest BCUT2D eigenvalue weighted by molar-refractivity contribution is 5.23. The van der Waals surface area contributed by atoms with Crippen molar-refractivity contribution < 1.29 is 0 Å². The molecule has 0 saturated heterocycles. The Morgan fingerprint density at radius 2 is 1.93 bits per heavy atom. The van der Waals surface area contributed by atoms with E-state index in [2.05, 4.69) is 50.2 Å². The van der Waals surface area contributed by atoms with Crippen LogP contribution in [-0.4, -0.2) is 25.0 Å². The molecule has 1 aromatic carbocycles. The predicted octanol–water partition coefficient (Wildman–Crippen LogP) is 1.64. The Hall–Kier alpha value is -0.860. The zero-order chi connectivity index (χ0) is 10.6. The number of rotatable bonds is 4. The molecule has 0 aliphatic carbocycles. The van der Waals surface area contributed by atoms with E-state index in [0.717, 1.165) is 6.42 Å². The van der Waals surface area contributed by atoms with Crippen molar-refractivity contribution in [3.63, 3.8) is 0 Å². The molecule has 0 aliphatic heterocycles. The lowest BCUT2D eigenvalue weighted by Crippen LogP contribution is -2.26. The highest BCUT2D eigenvalue weighted by Crippen LogP contribution is 2.09. The summed E-state index contributed by atoms with van der Waals surface area (Å²) < 4.78 is 0. The number of benzene rings is 1. The number of likely N-dealkylation sites (N-methyl/N-ethyl adjacent to an activating group) is 1. The van der Waals surface area contributed by atoms with Gasteiger partial charge in [0.1, 0.15) is 0 Å². The van der Waals surface area contributed by atoms with Crippen LogP contribution in [0.3, 0.4) is 0 Å². The van der Waals surface area contributed by atoms with Gasteiger partial charge in [0.25, 0.3) is 0 Å². The highest BCUT2D eigenvalue weighted by Gasteiger charge is 2.05. The van der Waals surface area contributed by atoms with Crippen LogP contribution in [0, 0.1) is 0 Å². The van der Waals surface area contributed by atoms with Crippen LogP contribution in [0.5, 0.6) is 0 Å². The third kappa shape index (κ3) is 3.13. The smallest absolute Gasteiger partial charge is 0.0178 e. The second kappa shape index (κ2) is 5.13. The van der Waals surface area contributed by atoms with Gasteiger partial charge in [-0.15, -0.1) is 0 Å². The first-order valence-corrected chi connectivity index (χ1v) is 5.07. The standard InChI is InChI=1S/C12H20N2/c1-10(14(2)3)7-11-5-4-6-12(8-11)9-13/h4-6,8,10H,7,9,13H2,1-3H3. The minimum atomic E-state index is 0.572. The summed E-state index contributed by atoms with van der Waals surface area (Å²) in [4.78, 5) is 2.23. The molecule has 14 heavy (non-hydrogen) atoms. The minimum Gasteiger partial charge on any atom is -0.326 e. The van der Waals surface area contributed by atoms with E-state index in [1.165, 1.54) is 11.1 Å². The van der Waals surface area contributed by atoms with E-state index in [9.17, 15) is 0 Å². The summed E-state index contributed by atoms with van der Waals surface area (Å²) in [5.41, 5.74) is 8.18. The Bertz CT molecular complexity index is 281. The zero-order valence-electron chi connectivity index (χ0n) is 9.33. The average molecular weight is 192 g/mol. The van der Waals surface area contributed by atoms with Crippen molar-refractivity contribution in [2.45, 2.75) is 25.9 Å². The molecule has 2 heteroatoms. The lowest BCUT2D eigenvalue weighted by molar-refractivity contribution is 0.312. The lowest BCUT2D eigenvalue weighted by atomic mass is 10.0. The largest absolute Gasteiger partial charge is 0.326 e. The number of hydrogen-bond donors (Lipinski definition) is 1. The second-order valence-corrected chi connectivity index (χ2v) is 4.04. The van der Waals surface area contributed by atoms with Crippen molar-refractivity contribution in [1.82, 2.24) is 4.90 Å². The summed E-state index contributed by atoms with van der Waals surface area (Å²) in [5, 5.41) is 0. The molecule has 0 radical (unpaired) electrons. The van der Waals surface area contributed by atoms with Crippen molar-refractivity contribution >= 4 is 0 Å². The molecule has 0 aliphatic rings. The fourth-order valence-electron chi connectivity index (χ4n) is 1.41. The first kappa shape index (κ1) is 11.2. The molecule has 0 heterocycles. The summed E-state index contributed by atoms with van der Waals surface area (Å²) in [7, 11) is 4.22. The summed E-state index contributed by atoms with van der Waals surface area (Å²) in [5.74, 6) is 0. The van der Waals surface area contributed by atoms with Gasteiger partial charge >= 0.3 is 0 Å². The molecular formula is C12H20N2. The van der Waals surface area contributed by atoms with Crippen molar-refractivity contribution in [2.24, 2.45) is 5.73 Å². The SMILES string of the molecule is CC(Cc1cccc(CN)c1)N(C)C. The van der Waals surface area contributed by atoms with Crippen LogP contribution < -0.4 is 5.73 Å². The average Bonchev–Trinajstić information content (AvgIpc) is 2.18.